The number of nitrogens with zero attached hydrogens (tertiary/aromatic N) is 1. The molecule has 1 aromatic rings. The number of carbonyl (C=O) groups is 1. The molecule has 0 aliphatic rings. The van der Waals surface area contributed by atoms with Crippen LogP contribution in [0.5, 0.6) is 0 Å². The molecule has 0 amide bonds. The summed E-state index contributed by atoms with van der Waals surface area (Å²) in [7, 11) is 1.38. The van der Waals surface area contributed by atoms with Crippen molar-refractivity contribution in [3.63, 3.8) is 0 Å². The molecule has 0 aromatic heterocycles. The van der Waals surface area contributed by atoms with Crippen LogP contribution in [-0.2, 0) is 14.3 Å². The van der Waals surface area contributed by atoms with Crippen molar-refractivity contribution in [3.05, 3.63) is 47.0 Å². The van der Waals surface area contributed by atoms with E-state index >= 15 is 0 Å². The van der Waals surface area contributed by atoms with Crippen molar-refractivity contribution in [3.8, 4) is 0 Å². The Morgan fingerprint density at radius 2 is 1.81 bits per heavy atom. The molecule has 0 N–H and O–H groups in total. The Morgan fingerprint density at radius 3 is 2.38 bits per heavy atom. The van der Waals surface area contributed by atoms with Gasteiger partial charge in [-0.1, -0.05) is 56.7 Å². The van der Waals surface area contributed by atoms with E-state index in [2.05, 4.69) is 25.8 Å². The zero-order valence-corrected chi connectivity index (χ0v) is 17.2. The number of esters is 1. The minimum Gasteiger partial charge on any atom is -0.467 e. The second kappa shape index (κ2) is 10.5. The summed E-state index contributed by atoms with van der Waals surface area (Å²) in [6, 6.07) is 7.28. The highest BCUT2D eigenvalue weighted by atomic mass is 35.5. The van der Waals surface area contributed by atoms with Crippen molar-refractivity contribution in [2.24, 2.45) is 10.4 Å². The molecule has 0 aliphatic carbocycles. The second-order valence-corrected chi connectivity index (χ2v) is 8.09. The van der Waals surface area contributed by atoms with Crippen molar-refractivity contribution in [2.75, 3.05) is 20.3 Å². The number of methoxy groups -OCH3 is 1. The van der Waals surface area contributed by atoms with Gasteiger partial charge in [0.2, 0.25) is 0 Å². The van der Waals surface area contributed by atoms with Gasteiger partial charge in [0.25, 0.3) is 0 Å². The van der Waals surface area contributed by atoms with Gasteiger partial charge in [-0.15, -0.1) is 0 Å². The van der Waals surface area contributed by atoms with Gasteiger partial charge >= 0.3 is 5.97 Å². The fourth-order valence-electron chi connectivity index (χ4n) is 2.13. The van der Waals surface area contributed by atoms with Gasteiger partial charge in [0.1, 0.15) is 0 Å². The average Bonchev–Trinajstić information content (AvgIpc) is 2.58. The molecule has 0 radical (unpaired) electrons. The summed E-state index contributed by atoms with van der Waals surface area (Å²) in [5, 5.41) is 0.662. The van der Waals surface area contributed by atoms with E-state index in [1.165, 1.54) is 7.11 Å². The van der Waals surface area contributed by atoms with E-state index in [-0.39, 0.29) is 11.4 Å². The minimum atomic E-state index is -0.961. The van der Waals surface area contributed by atoms with Crippen LogP contribution in [0.3, 0.4) is 0 Å². The number of ether oxygens (including phenoxy) is 2. The summed E-state index contributed by atoms with van der Waals surface area (Å²) < 4.78 is 10.6. The zero-order valence-electron chi connectivity index (χ0n) is 16.4. The number of aliphatic imine (C=N–C) groups is 1. The van der Waals surface area contributed by atoms with Crippen LogP contribution < -0.4 is 0 Å². The van der Waals surface area contributed by atoms with Crippen molar-refractivity contribution in [1.82, 2.24) is 0 Å². The first kappa shape index (κ1) is 22.4. The highest BCUT2D eigenvalue weighted by Crippen LogP contribution is 2.19. The SMILES string of the molecule is COC(=O)C(C)(C/C=C\CCOCC(C)(C)C)N=Cc1ccc(Cl)cc1. The Bertz CT molecular complexity index is 617. The number of carbonyl (C=O) groups excluding carboxylic acids is 1. The van der Waals surface area contributed by atoms with Crippen LogP contribution in [0, 0.1) is 5.41 Å². The van der Waals surface area contributed by atoms with Gasteiger partial charge in [0.05, 0.1) is 20.3 Å². The summed E-state index contributed by atoms with van der Waals surface area (Å²) in [6.45, 7) is 9.59. The van der Waals surface area contributed by atoms with Gasteiger partial charge in [0, 0.05) is 17.7 Å². The van der Waals surface area contributed by atoms with Crippen LogP contribution >= 0.6 is 11.6 Å². The predicted molar refractivity (Wildman–Crippen MR) is 108 cm³/mol. The minimum absolute atomic E-state index is 0.170. The Labute approximate surface area is 162 Å². The van der Waals surface area contributed by atoms with Gasteiger partial charge in [-0.25, -0.2) is 4.79 Å². The van der Waals surface area contributed by atoms with Gasteiger partial charge in [-0.2, -0.15) is 0 Å². The number of hydrogen-bond acceptors (Lipinski definition) is 4. The largest absolute Gasteiger partial charge is 0.467 e. The van der Waals surface area contributed by atoms with Gasteiger partial charge in [-0.3, -0.25) is 4.99 Å². The molecule has 0 saturated heterocycles. The summed E-state index contributed by atoms with van der Waals surface area (Å²) >= 11 is 5.88. The van der Waals surface area contributed by atoms with Crippen molar-refractivity contribution in [1.29, 1.82) is 0 Å². The van der Waals surface area contributed by atoms with Crippen molar-refractivity contribution in [2.45, 2.75) is 46.1 Å². The standard InChI is InChI=1S/C21H30ClNO3/c1-20(2,3)16-26-14-8-6-7-13-21(4,19(24)25-5)23-15-17-9-11-18(22)12-10-17/h6-7,9-12,15H,8,13-14,16H2,1-5H3/b7-6-,23-15?. The zero-order chi connectivity index (χ0) is 19.6. The van der Waals surface area contributed by atoms with Crippen molar-refractivity contribution < 1.29 is 14.3 Å². The molecule has 0 fully saturated rings. The smallest absolute Gasteiger partial charge is 0.333 e. The molecular formula is C21H30ClNO3. The maximum Gasteiger partial charge on any atom is 0.333 e. The van der Waals surface area contributed by atoms with Crippen LogP contribution in [0.2, 0.25) is 5.02 Å². The topological polar surface area (TPSA) is 47.9 Å². The van der Waals surface area contributed by atoms with E-state index in [1.54, 1.807) is 25.3 Å². The summed E-state index contributed by atoms with van der Waals surface area (Å²) in [5.41, 5.74) is 0.0878. The maximum atomic E-state index is 12.2. The molecule has 144 valence electrons. The molecule has 1 rings (SSSR count). The molecule has 26 heavy (non-hydrogen) atoms. The predicted octanol–water partition coefficient (Wildman–Crippen LogP) is 5.09. The Kier molecular flexibility index (Phi) is 9.03. The normalized spacial score (nSPS) is 14.7. The molecule has 0 bridgehead atoms. The molecule has 4 nitrogen and oxygen atoms in total. The van der Waals surface area contributed by atoms with Crippen LogP contribution in [0.4, 0.5) is 0 Å². The molecule has 1 unspecified atom stereocenters. The summed E-state index contributed by atoms with van der Waals surface area (Å²) in [4.78, 5) is 16.6. The third kappa shape index (κ3) is 8.63. The number of rotatable bonds is 9. The number of halogens is 1. The first-order chi connectivity index (χ1) is 12.2. The summed E-state index contributed by atoms with van der Waals surface area (Å²) in [6.07, 6.45) is 6.91. The van der Waals surface area contributed by atoms with E-state index in [1.807, 2.05) is 24.3 Å². The fourth-order valence-corrected chi connectivity index (χ4v) is 2.26. The lowest BCUT2D eigenvalue weighted by Crippen LogP contribution is -2.34. The molecule has 1 atom stereocenters. The molecule has 0 spiro atoms. The lowest BCUT2D eigenvalue weighted by Gasteiger charge is -2.20. The Balaban J connectivity index is 2.61. The maximum absolute atomic E-state index is 12.2. The van der Waals surface area contributed by atoms with E-state index in [0.29, 0.717) is 18.1 Å². The van der Waals surface area contributed by atoms with E-state index < -0.39 is 5.54 Å². The first-order valence-electron chi connectivity index (χ1n) is 8.78. The van der Waals surface area contributed by atoms with Crippen LogP contribution in [0.15, 0.2) is 41.4 Å². The van der Waals surface area contributed by atoms with Gasteiger partial charge in [0.15, 0.2) is 5.54 Å². The highest BCUT2D eigenvalue weighted by molar-refractivity contribution is 6.30. The van der Waals surface area contributed by atoms with Gasteiger partial charge in [-0.05, 0) is 36.5 Å². The summed E-state index contributed by atoms with van der Waals surface area (Å²) in [5.74, 6) is -0.364. The molecule has 0 aliphatic heterocycles. The highest BCUT2D eigenvalue weighted by Gasteiger charge is 2.32. The van der Waals surface area contributed by atoms with E-state index in [0.717, 1.165) is 18.6 Å². The third-order valence-electron chi connectivity index (χ3n) is 3.64. The Hall–Kier alpha value is -1.65. The lowest BCUT2D eigenvalue weighted by atomic mass is 9.98. The fraction of sp³-hybridized carbons (Fsp3) is 0.524. The first-order valence-corrected chi connectivity index (χ1v) is 9.16. The Morgan fingerprint density at radius 1 is 1.15 bits per heavy atom. The number of benzene rings is 1. The van der Waals surface area contributed by atoms with Crippen LogP contribution in [0.1, 0.15) is 46.1 Å². The lowest BCUT2D eigenvalue weighted by molar-refractivity contribution is -0.146. The molecule has 1 aromatic carbocycles. The van der Waals surface area contributed by atoms with Crippen LogP contribution in [-0.4, -0.2) is 38.0 Å². The quantitative estimate of drug-likeness (QED) is 0.260. The van der Waals surface area contributed by atoms with E-state index in [4.69, 9.17) is 21.1 Å². The third-order valence-corrected chi connectivity index (χ3v) is 3.89. The van der Waals surface area contributed by atoms with Crippen LogP contribution in [0.25, 0.3) is 0 Å². The average molecular weight is 380 g/mol. The van der Waals surface area contributed by atoms with Crippen molar-refractivity contribution >= 4 is 23.8 Å². The van der Waals surface area contributed by atoms with Gasteiger partial charge < -0.3 is 9.47 Å². The molecular weight excluding hydrogens is 350 g/mol. The number of hydrogen-bond donors (Lipinski definition) is 0. The molecule has 0 saturated carbocycles. The second-order valence-electron chi connectivity index (χ2n) is 7.65. The monoisotopic (exact) mass is 379 g/mol. The molecule has 5 heteroatoms. The molecule has 0 heterocycles. The van der Waals surface area contributed by atoms with E-state index in [9.17, 15) is 4.79 Å².